The lowest BCUT2D eigenvalue weighted by molar-refractivity contribution is -0.150. The maximum absolute atomic E-state index is 12.8. The van der Waals surface area contributed by atoms with Gasteiger partial charge >= 0.3 is 5.97 Å². The van der Waals surface area contributed by atoms with Gasteiger partial charge in [-0.1, -0.05) is 0 Å². The van der Waals surface area contributed by atoms with Crippen LogP contribution in [0.5, 0.6) is 5.75 Å². The van der Waals surface area contributed by atoms with Gasteiger partial charge in [0.15, 0.2) is 9.84 Å². The van der Waals surface area contributed by atoms with E-state index < -0.39 is 21.1 Å². The van der Waals surface area contributed by atoms with Crippen LogP contribution in [-0.4, -0.2) is 57.9 Å². The van der Waals surface area contributed by atoms with Gasteiger partial charge in [0.25, 0.3) is 0 Å². The summed E-state index contributed by atoms with van der Waals surface area (Å²) in [6.45, 7) is 2.58. The van der Waals surface area contributed by atoms with Crippen molar-refractivity contribution in [2.24, 2.45) is 0 Å². The molecule has 1 aliphatic rings. The van der Waals surface area contributed by atoms with Crippen molar-refractivity contribution in [1.82, 2.24) is 4.90 Å². The molecule has 0 spiro atoms. The van der Waals surface area contributed by atoms with E-state index in [2.05, 4.69) is 0 Å². The molecule has 2 unspecified atom stereocenters. The predicted octanol–water partition coefficient (Wildman–Crippen LogP) is 1.49. The first-order valence-electron chi connectivity index (χ1n) is 7.65. The third kappa shape index (κ3) is 3.84. The van der Waals surface area contributed by atoms with Gasteiger partial charge in [-0.15, -0.1) is 0 Å². The largest absolute Gasteiger partial charge is 0.497 e. The molecule has 6 nitrogen and oxygen atoms in total. The molecule has 2 rings (SSSR count). The number of benzene rings is 1. The van der Waals surface area contributed by atoms with Gasteiger partial charge in [0.1, 0.15) is 11.8 Å². The minimum atomic E-state index is -3.48. The van der Waals surface area contributed by atoms with Gasteiger partial charge in [-0.2, -0.15) is 0 Å². The lowest BCUT2D eigenvalue weighted by Crippen LogP contribution is -2.49. The summed E-state index contributed by atoms with van der Waals surface area (Å²) in [4.78, 5) is 14.1. The van der Waals surface area contributed by atoms with Crippen LogP contribution < -0.4 is 4.74 Å². The Morgan fingerprint density at radius 2 is 1.96 bits per heavy atom. The first kappa shape index (κ1) is 17.7. The smallest absolute Gasteiger partial charge is 0.323 e. The highest BCUT2D eigenvalue weighted by Crippen LogP contribution is 2.28. The number of carbonyl (C=O) groups excluding carboxylic acids is 1. The number of methoxy groups -OCH3 is 1. The van der Waals surface area contributed by atoms with Crippen molar-refractivity contribution in [3.63, 3.8) is 0 Å². The summed E-state index contributed by atoms with van der Waals surface area (Å²) < 4.78 is 35.7. The first-order chi connectivity index (χ1) is 10.9. The Morgan fingerprint density at radius 1 is 1.30 bits per heavy atom. The average Bonchev–Trinajstić information content (AvgIpc) is 2.55. The monoisotopic (exact) mass is 341 g/mol. The molecule has 1 heterocycles. The Labute approximate surface area is 137 Å². The van der Waals surface area contributed by atoms with Crippen molar-refractivity contribution in [3.8, 4) is 5.75 Å². The van der Waals surface area contributed by atoms with Crippen LogP contribution in [0.25, 0.3) is 0 Å². The molecule has 1 saturated heterocycles. The van der Waals surface area contributed by atoms with E-state index in [0.717, 1.165) is 0 Å². The topological polar surface area (TPSA) is 72.9 Å². The Bertz CT molecular complexity index is 641. The number of esters is 1. The number of hydrogen-bond donors (Lipinski definition) is 0. The van der Waals surface area contributed by atoms with E-state index in [-0.39, 0.29) is 17.3 Å². The zero-order chi connectivity index (χ0) is 17.0. The molecule has 0 amide bonds. The number of hydrogen-bond acceptors (Lipinski definition) is 6. The first-order valence-corrected chi connectivity index (χ1v) is 9.19. The van der Waals surface area contributed by atoms with E-state index in [0.29, 0.717) is 25.3 Å². The molecule has 1 aliphatic heterocycles. The highest BCUT2D eigenvalue weighted by atomic mass is 32.2. The molecular weight excluding hydrogens is 318 g/mol. The normalized spacial score (nSPS) is 22.6. The number of sulfone groups is 1. The van der Waals surface area contributed by atoms with Crippen LogP contribution in [0.15, 0.2) is 29.2 Å². The predicted molar refractivity (Wildman–Crippen MR) is 86.3 cm³/mol. The molecule has 1 aromatic rings. The minimum absolute atomic E-state index is 0.254. The van der Waals surface area contributed by atoms with E-state index in [1.807, 2.05) is 11.9 Å². The molecule has 7 heteroatoms. The summed E-state index contributed by atoms with van der Waals surface area (Å²) in [6.07, 6.45) is 0.754. The highest BCUT2D eigenvalue weighted by molar-refractivity contribution is 7.92. The summed E-state index contributed by atoms with van der Waals surface area (Å²) in [7, 11) is -0.132. The van der Waals surface area contributed by atoms with Crippen molar-refractivity contribution in [3.05, 3.63) is 24.3 Å². The van der Waals surface area contributed by atoms with Crippen molar-refractivity contribution in [1.29, 1.82) is 0 Å². The maximum atomic E-state index is 12.8. The molecular formula is C16H23NO5S. The second kappa shape index (κ2) is 7.31. The molecule has 2 atom stereocenters. The molecule has 0 bridgehead atoms. The Morgan fingerprint density at radius 3 is 2.52 bits per heavy atom. The summed E-state index contributed by atoms with van der Waals surface area (Å²) in [6, 6.07) is 5.84. The zero-order valence-electron chi connectivity index (χ0n) is 13.7. The summed E-state index contributed by atoms with van der Waals surface area (Å²) in [5, 5.41) is -0.582. The second-order valence-corrected chi connectivity index (χ2v) is 7.84. The van der Waals surface area contributed by atoms with Crippen LogP contribution in [0.2, 0.25) is 0 Å². The van der Waals surface area contributed by atoms with Crippen LogP contribution in [-0.2, 0) is 19.4 Å². The van der Waals surface area contributed by atoms with E-state index >= 15 is 0 Å². The van der Waals surface area contributed by atoms with Gasteiger partial charge < -0.3 is 9.47 Å². The van der Waals surface area contributed by atoms with Crippen molar-refractivity contribution < 1.29 is 22.7 Å². The Kier molecular flexibility index (Phi) is 5.64. The molecule has 128 valence electrons. The third-order valence-electron chi connectivity index (χ3n) is 4.21. The quantitative estimate of drug-likeness (QED) is 0.756. The molecule has 1 fully saturated rings. The molecule has 0 aliphatic carbocycles. The minimum Gasteiger partial charge on any atom is -0.497 e. The van der Waals surface area contributed by atoms with Crippen molar-refractivity contribution in [2.75, 3.05) is 27.3 Å². The van der Waals surface area contributed by atoms with Gasteiger partial charge in [-0.25, -0.2) is 8.42 Å². The van der Waals surface area contributed by atoms with E-state index in [9.17, 15) is 13.2 Å². The summed E-state index contributed by atoms with van der Waals surface area (Å²) in [5.74, 6) is 0.251. The van der Waals surface area contributed by atoms with Crippen LogP contribution in [0.1, 0.15) is 19.8 Å². The molecule has 23 heavy (non-hydrogen) atoms. The standard InChI is InChI=1S/C16H23NO5S/c1-4-22-16(18)15-11-14(9-10-17(15)2)23(19,20)13-7-5-12(21-3)6-8-13/h5-8,14-15H,4,9-11H2,1-3H3. The number of likely N-dealkylation sites (tertiary alicyclic amines) is 1. The molecule has 0 N–H and O–H groups in total. The summed E-state index contributed by atoms with van der Waals surface area (Å²) in [5.41, 5.74) is 0. The van der Waals surface area contributed by atoms with Gasteiger partial charge in [0.2, 0.25) is 0 Å². The fourth-order valence-electron chi connectivity index (χ4n) is 2.80. The van der Waals surface area contributed by atoms with Gasteiger partial charge in [-0.05, 0) is 57.6 Å². The lowest BCUT2D eigenvalue weighted by Gasteiger charge is -2.35. The zero-order valence-corrected chi connectivity index (χ0v) is 14.5. The van der Waals surface area contributed by atoms with Crippen LogP contribution in [0.4, 0.5) is 0 Å². The summed E-state index contributed by atoms with van der Waals surface area (Å²) >= 11 is 0. The Balaban J connectivity index is 2.20. The molecule has 0 saturated carbocycles. The van der Waals surface area contributed by atoms with Crippen molar-refractivity contribution >= 4 is 15.8 Å². The highest BCUT2D eigenvalue weighted by Gasteiger charge is 2.38. The van der Waals surface area contributed by atoms with Crippen LogP contribution in [0.3, 0.4) is 0 Å². The van der Waals surface area contributed by atoms with Crippen LogP contribution >= 0.6 is 0 Å². The molecule has 1 aromatic carbocycles. The number of likely N-dealkylation sites (N-methyl/N-ethyl adjacent to an activating group) is 1. The lowest BCUT2D eigenvalue weighted by atomic mass is 10.0. The number of nitrogens with zero attached hydrogens (tertiary/aromatic N) is 1. The van der Waals surface area contributed by atoms with Crippen LogP contribution in [0, 0.1) is 0 Å². The van der Waals surface area contributed by atoms with E-state index in [1.54, 1.807) is 31.2 Å². The van der Waals surface area contributed by atoms with Gasteiger partial charge in [0, 0.05) is 0 Å². The SMILES string of the molecule is CCOC(=O)C1CC(S(=O)(=O)c2ccc(OC)cc2)CCN1C. The van der Waals surface area contributed by atoms with Gasteiger partial charge in [0.05, 0.1) is 23.9 Å². The second-order valence-electron chi connectivity index (χ2n) is 5.62. The fourth-order valence-corrected chi connectivity index (χ4v) is 4.56. The number of piperidine rings is 1. The number of ether oxygens (including phenoxy) is 2. The number of rotatable bonds is 5. The molecule has 0 radical (unpaired) electrons. The third-order valence-corrected chi connectivity index (χ3v) is 6.44. The van der Waals surface area contributed by atoms with Crippen molar-refractivity contribution in [2.45, 2.75) is 36.0 Å². The Hall–Kier alpha value is -1.60. The average molecular weight is 341 g/mol. The fraction of sp³-hybridized carbons (Fsp3) is 0.562. The van der Waals surface area contributed by atoms with Gasteiger partial charge in [-0.3, -0.25) is 9.69 Å². The maximum Gasteiger partial charge on any atom is 0.323 e. The van der Waals surface area contributed by atoms with E-state index in [1.165, 1.54) is 7.11 Å². The molecule has 0 aromatic heterocycles. The number of carbonyl (C=O) groups is 1. The van der Waals surface area contributed by atoms with E-state index in [4.69, 9.17) is 9.47 Å².